The van der Waals surface area contributed by atoms with Crippen LogP contribution in [-0.2, 0) is 18.4 Å². The fourth-order valence-electron chi connectivity index (χ4n) is 5.37. The fraction of sp³-hybridized carbons (Fsp3) is 0.638. The number of phosphoric acid groups is 1. The lowest BCUT2D eigenvalue weighted by Crippen LogP contribution is -2.45. The van der Waals surface area contributed by atoms with Gasteiger partial charge in [0, 0.05) is 6.42 Å². The Hall–Kier alpha value is -2.58. The molecule has 2 N–H and O–H groups in total. The summed E-state index contributed by atoms with van der Waals surface area (Å²) in [7, 11) is 1.16. The number of carbonyl (C=O) groups excluding carboxylic acids is 1. The molecule has 0 saturated heterocycles. The second-order valence-electron chi connectivity index (χ2n) is 15.3. The Morgan fingerprint density at radius 3 is 1.62 bits per heavy atom. The number of unbranched alkanes of at least 4 members (excludes halogenated alkanes) is 11. The molecule has 0 saturated carbocycles. The summed E-state index contributed by atoms with van der Waals surface area (Å²) in [5.41, 5.74) is 0. The highest BCUT2D eigenvalue weighted by atomic mass is 31.2. The van der Waals surface area contributed by atoms with E-state index in [0.29, 0.717) is 23.9 Å². The van der Waals surface area contributed by atoms with Crippen LogP contribution in [0.3, 0.4) is 0 Å². The van der Waals surface area contributed by atoms with Crippen LogP contribution in [0.4, 0.5) is 0 Å². The minimum absolute atomic E-state index is 0.0308. The summed E-state index contributed by atoms with van der Waals surface area (Å²) < 4.78 is 23.1. The summed E-state index contributed by atoms with van der Waals surface area (Å²) in [4.78, 5) is 25.2. The first-order valence-electron chi connectivity index (χ1n) is 21.6. The number of aliphatic hydroxyl groups is 1. The molecule has 0 aliphatic rings. The van der Waals surface area contributed by atoms with E-state index in [2.05, 4.69) is 86.0 Å². The van der Waals surface area contributed by atoms with Crippen molar-refractivity contribution in [2.24, 2.45) is 0 Å². The van der Waals surface area contributed by atoms with Crippen LogP contribution >= 0.6 is 7.82 Å². The first kappa shape index (κ1) is 53.4. The predicted molar refractivity (Wildman–Crippen MR) is 237 cm³/mol. The van der Waals surface area contributed by atoms with Gasteiger partial charge in [0.2, 0.25) is 5.91 Å². The van der Waals surface area contributed by atoms with Gasteiger partial charge in [-0.05, 0) is 70.6 Å². The maximum Gasteiger partial charge on any atom is 0.268 e. The molecule has 0 bridgehead atoms. The zero-order valence-corrected chi connectivity index (χ0v) is 36.9. The highest BCUT2D eigenvalue weighted by Gasteiger charge is 2.22. The average Bonchev–Trinajstić information content (AvgIpc) is 3.15. The van der Waals surface area contributed by atoms with E-state index in [1.165, 1.54) is 64.2 Å². The zero-order valence-electron chi connectivity index (χ0n) is 36.0. The van der Waals surface area contributed by atoms with Crippen LogP contribution in [0, 0.1) is 0 Å². The fourth-order valence-corrected chi connectivity index (χ4v) is 6.09. The number of nitrogens with one attached hydrogen (secondary N) is 1. The van der Waals surface area contributed by atoms with E-state index < -0.39 is 26.6 Å². The van der Waals surface area contributed by atoms with Gasteiger partial charge < -0.3 is 28.8 Å². The molecule has 9 heteroatoms. The maximum absolute atomic E-state index is 12.8. The molecule has 0 aliphatic carbocycles. The van der Waals surface area contributed by atoms with Gasteiger partial charge in [-0.3, -0.25) is 9.36 Å². The van der Waals surface area contributed by atoms with E-state index in [1.54, 1.807) is 12.2 Å². The first-order chi connectivity index (χ1) is 27.0. The van der Waals surface area contributed by atoms with Crippen LogP contribution in [0.15, 0.2) is 97.2 Å². The third-order valence-corrected chi connectivity index (χ3v) is 9.75. The van der Waals surface area contributed by atoms with Crippen molar-refractivity contribution in [3.8, 4) is 0 Å². The summed E-state index contributed by atoms with van der Waals surface area (Å²) in [5.74, 6) is -0.343. The summed E-state index contributed by atoms with van der Waals surface area (Å²) in [5, 5.41) is 13.6. The topological polar surface area (TPSA) is 108 Å². The van der Waals surface area contributed by atoms with Gasteiger partial charge in [-0.15, -0.1) is 0 Å². The number of aliphatic hydroxyl groups excluding tert-OH is 1. The van der Waals surface area contributed by atoms with Crippen LogP contribution in [0.2, 0.25) is 0 Å². The van der Waals surface area contributed by atoms with Gasteiger partial charge in [-0.1, -0.05) is 162 Å². The van der Waals surface area contributed by atoms with E-state index in [9.17, 15) is 19.4 Å². The van der Waals surface area contributed by atoms with Gasteiger partial charge in [-0.2, -0.15) is 0 Å². The van der Waals surface area contributed by atoms with E-state index >= 15 is 0 Å². The van der Waals surface area contributed by atoms with Crippen molar-refractivity contribution >= 4 is 13.7 Å². The summed E-state index contributed by atoms with van der Waals surface area (Å²) in [6, 6.07) is -0.969. The number of phosphoric ester groups is 1. The van der Waals surface area contributed by atoms with Crippen molar-refractivity contribution in [2.45, 2.75) is 154 Å². The van der Waals surface area contributed by atoms with Gasteiger partial charge >= 0.3 is 0 Å². The third-order valence-electron chi connectivity index (χ3n) is 8.78. The molecule has 0 aromatic heterocycles. The van der Waals surface area contributed by atoms with Crippen molar-refractivity contribution < 1.29 is 32.9 Å². The SMILES string of the molecule is CC/C=C\C/C=C\C/C=C\C/C=C\C/C=C\CC(=O)NC(COP(=O)([O-])OCC[N+](C)(C)C)C(O)/C=C/CC/C=C/CC/C=C/CCCCCCCCCCC. The van der Waals surface area contributed by atoms with Crippen molar-refractivity contribution in [3.05, 3.63) is 97.2 Å². The van der Waals surface area contributed by atoms with Gasteiger partial charge in [0.05, 0.1) is 39.9 Å². The number of hydrogen-bond acceptors (Lipinski definition) is 6. The number of likely N-dealkylation sites (N-methyl/N-ethyl adjacent to an activating group) is 1. The molecule has 0 radical (unpaired) electrons. The third kappa shape index (κ3) is 39.6. The number of quaternary nitrogens is 1. The molecule has 3 unspecified atom stereocenters. The molecule has 8 nitrogen and oxygen atoms in total. The van der Waals surface area contributed by atoms with E-state index in [4.69, 9.17) is 9.05 Å². The lowest BCUT2D eigenvalue weighted by atomic mass is 10.1. The lowest BCUT2D eigenvalue weighted by Gasteiger charge is -2.29. The van der Waals surface area contributed by atoms with Gasteiger partial charge in [-0.25, -0.2) is 0 Å². The van der Waals surface area contributed by atoms with Gasteiger partial charge in [0.25, 0.3) is 7.82 Å². The Labute approximate surface area is 343 Å². The lowest BCUT2D eigenvalue weighted by molar-refractivity contribution is -0.870. The summed E-state index contributed by atoms with van der Waals surface area (Å²) >= 11 is 0. The molecule has 0 aliphatic heterocycles. The van der Waals surface area contributed by atoms with Crippen LogP contribution < -0.4 is 10.2 Å². The molecule has 3 atom stereocenters. The number of hydrogen-bond donors (Lipinski definition) is 2. The van der Waals surface area contributed by atoms with Crippen molar-refractivity contribution in [3.63, 3.8) is 0 Å². The predicted octanol–water partition coefficient (Wildman–Crippen LogP) is 11.3. The Morgan fingerprint density at radius 1 is 0.643 bits per heavy atom. The first-order valence-corrected chi connectivity index (χ1v) is 23.1. The van der Waals surface area contributed by atoms with E-state index in [1.807, 2.05) is 39.4 Å². The normalized spacial score (nSPS) is 15.3. The number of allylic oxidation sites excluding steroid dienone is 14. The molecule has 56 heavy (non-hydrogen) atoms. The molecule has 1 amide bonds. The second-order valence-corrected chi connectivity index (χ2v) is 16.7. The minimum atomic E-state index is -4.63. The van der Waals surface area contributed by atoms with Crippen LogP contribution in [0.1, 0.15) is 142 Å². The summed E-state index contributed by atoms with van der Waals surface area (Å²) in [6.07, 6.45) is 53.5. The number of carbonyl (C=O) groups is 1. The van der Waals surface area contributed by atoms with Crippen molar-refractivity contribution in [2.75, 3.05) is 40.9 Å². The monoisotopic (exact) mass is 801 g/mol. The molecule has 0 rings (SSSR count). The summed E-state index contributed by atoms with van der Waals surface area (Å²) in [6.45, 7) is 4.39. The Balaban J connectivity index is 4.68. The average molecular weight is 801 g/mol. The second kappa shape index (κ2) is 38.0. The maximum atomic E-state index is 12.8. The van der Waals surface area contributed by atoms with Crippen LogP contribution in [-0.4, -0.2) is 68.5 Å². The molecule has 0 aromatic carbocycles. The zero-order chi connectivity index (χ0) is 41.4. The van der Waals surface area contributed by atoms with Crippen molar-refractivity contribution in [1.29, 1.82) is 0 Å². The van der Waals surface area contributed by atoms with Gasteiger partial charge in [0.15, 0.2) is 0 Å². The smallest absolute Gasteiger partial charge is 0.268 e. The molecule has 0 spiro atoms. The number of amides is 1. The number of rotatable bonds is 37. The van der Waals surface area contributed by atoms with E-state index in [-0.39, 0.29) is 18.9 Å². The van der Waals surface area contributed by atoms with Crippen molar-refractivity contribution in [1.82, 2.24) is 5.32 Å². The van der Waals surface area contributed by atoms with Crippen LogP contribution in [0.25, 0.3) is 0 Å². The van der Waals surface area contributed by atoms with E-state index in [0.717, 1.165) is 44.9 Å². The number of nitrogens with zero attached hydrogens (tertiary/aromatic N) is 1. The Morgan fingerprint density at radius 2 is 1.11 bits per heavy atom. The quantitative estimate of drug-likeness (QED) is 0.0280. The van der Waals surface area contributed by atoms with Gasteiger partial charge in [0.1, 0.15) is 13.2 Å². The Bertz CT molecular complexity index is 1230. The molecule has 0 heterocycles. The molecule has 320 valence electrons. The largest absolute Gasteiger partial charge is 0.756 e. The highest BCUT2D eigenvalue weighted by Crippen LogP contribution is 2.38. The highest BCUT2D eigenvalue weighted by molar-refractivity contribution is 7.45. The Kier molecular flexibility index (Phi) is 36.2. The molecule has 0 fully saturated rings. The minimum Gasteiger partial charge on any atom is -0.756 e. The molecular formula is C47H81N2O6P. The standard InChI is InChI=1S/C47H81N2O6P/c1-6-8-10-12-14-16-18-20-22-23-24-25-27-28-30-32-34-36-38-40-46(50)45(44-55-56(52,53)54-43-42-49(3,4)5)48-47(51)41-39-37-35-33-31-29-26-21-19-17-15-13-11-9-7-2/h9,11,15,17,21,24-26,30-33,37-40,45-46,50H,6-8,10,12-14,16,18-20,22-23,27-29,34-36,41-44H2,1-5H3,(H-,48,51,52,53)/b11-9-,17-15-,25-24+,26-21-,32-30+,33-31-,39-37-,40-38+. The molecular weight excluding hydrogens is 719 g/mol. The molecule has 0 aromatic rings. The van der Waals surface area contributed by atoms with Crippen LogP contribution in [0.5, 0.6) is 0 Å².